The molecule has 0 amide bonds. The molecule has 1 aromatic heterocycles. The zero-order chi connectivity index (χ0) is 19.2. The van der Waals surface area contributed by atoms with Crippen LogP contribution in [0.25, 0.3) is 0 Å². The van der Waals surface area contributed by atoms with Crippen molar-refractivity contribution in [3.8, 4) is 11.5 Å². The first-order chi connectivity index (χ1) is 13.2. The second-order valence-electron chi connectivity index (χ2n) is 5.89. The van der Waals surface area contributed by atoms with E-state index in [0.717, 1.165) is 39.4 Å². The quantitative estimate of drug-likeness (QED) is 0.503. The Hall–Kier alpha value is -2.18. The molecule has 142 valence electrons. The highest BCUT2D eigenvalue weighted by Crippen LogP contribution is 2.29. The first kappa shape index (κ1) is 19.6. The van der Waals surface area contributed by atoms with E-state index in [1.165, 1.54) is 0 Å². The number of thioether (sulfide) groups is 1. The number of methoxy groups -OCH3 is 2. The van der Waals surface area contributed by atoms with E-state index in [0.29, 0.717) is 17.9 Å². The Morgan fingerprint density at radius 1 is 1.04 bits per heavy atom. The van der Waals surface area contributed by atoms with Gasteiger partial charge in [-0.05, 0) is 36.2 Å². The van der Waals surface area contributed by atoms with Gasteiger partial charge < -0.3 is 14.0 Å². The molecular weight excluding hydrogens is 382 g/mol. The molecule has 0 unspecified atom stereocenters. The summed E-state index contributed by atoms with van der Waals surface area (Å²) in [6.07, 6.45) is 0.674. The molecule has 0 radical (unpaired) electrons. The van der Waals surface area contributed by atoms with Crippen LogP contribution in [0, 0.1) is 0 Å². The Balaban J connectivity index is 1.77. The van der Waals surface area contributed by atoms with Crippen LogP contribution in [0.1, 0.15) is 23.9 Å². The lowest BCUT2D eigenvalue weighted by molar-refractivity contribution is 0.354. The number of benzene rings is 2. The van der Waals surface area contributed by atoms with Crippen LogP contribution in [0.15, 0.2) is 47.6 Å². The fourth-order valence-electron chi connectivity index (χ4n) is 2.81. The average molecular weight is 404 g/mol. The summed E-state index contributed by atoms with van der Waals surface area (Å²) in [5.74, 6) is 3.11. The number of nitrogens with zero attached hydrogens (tertiary/aromatic N) is 3. The van der Waals surface area contributed by atoms with Crippen LogP contribution >= 0.6 is 23.4 Å². The highest BCUT2D eigenvalue weighted by molar-refractivity contribution is 7.98. The lowest BCUT2D eigenvalue weighted by atomic mass is 10.1. The van der Waals surface area contributed by atoms with E-state index < -0.39 is 0 Å². The third-order valence-electron chi connectivity index (χ3n) is 4.23. The van der Waals surface area contributed by atoms with Gasteiger partial charge in [-0.1, -0.05) is 47.6 Å². The lowest BCUT2D eigenvalue weighted by Gasteiger charge is -2.10. The molecule has 7 heteroatoms. The van der Waals surface area contributed by atoms with E-state index in [2.05, 4.69) is 21.7 Å². The predicted molar refractivity (Wildman–Crippen MR) is 109 cm³/mol. The van der Waals surface area contributed by atoms with Crippen LogP contribution < -0.4 is 9.47 Å². The Labute approximate surface area is 168 Å². The molecule has 3 rings (SSSR count). The number of ether oxygens (including phenoxy) is 2. The first-order valence-corrected chi connectivity index (χ1v) is 10.0. The lowest BCUT2D eigenvalue weighted by Crippen LogP contribution is -2.04. The summed E-state index contributed by atoms with van der Waals surface area (Å²) < 4.78 is 12.8. The molecule has 3 aromatic rings. The van der Waals surface area contributed by atoms with E-state index in [-0.39, 0.29) is 0 Å². The molecule has 1 heterocycles. The molecule has 5 nitrogen and oxygen atoms in total. The van der Waals surface area contributed by atoms with Gasteiger partial charge in [0.1, 0.15) is 5.82 Å². The third-order valence-corrected chi connectivity index (χ3v) is 5.62. The Morgan fingerprint density at radius 3 is 2.52 bits per heavy atom. The minimum Gasteiger partial charge on any atom is -0.493 e. The highest BCUT2D eigenvalue weighted by atomic mass is 35.5. The van der Waals surface area contributed by atoms with Gasteiger partial charge in [-0.2, -0.15) is 0 Å². The van der Waals surface area contributed by atoms with Gasteiger partial charge in [0.15, 0.2) is 16.7 Å². The second-order valence-corrected chi connectivity index (χ2v) is 7.24. The molecule has 0 fully saturated rings. The Kier molecular flexibility index (Phi) is 6.63. The van der Waals surface area contributed by atoms with E-state index >= 15 is 0 Å². The van der Waals surface area contributed by atoms with Crippen LogP contribution in [0.3, 0.4) is 0 Å². The summed E-state index contributed by atoms with van der Waals surface area (Å²) in [7, 11) is 3.27. The minimum atomic E-state index is 0.674. The fraction of sp³-hybridized carbons (Fsp3) is 0.300. The second kappa shape index (κ2) is 9.15. The topological polar surface area (TPSA) is 49.2 Å². The molecule has 0 saturated carbocycles. The summed E-state index contributed by atoms with van der Waals surface area (Å²) in [5, 5.41) is 10.5. The zero-order valence-electron chi connectivity index (χ0n) is 15.6. The van der Waals surface area contributed by atoms with Crippen molar-refractivity contribution in [1.29, 1.82) is 0 Å². The van der Waals surface area contributed by atoms with Gasteiger partial charge in [-0.25, -0.2) is 0 Å². The van der Waals surface area contributed by atoms with Crippen molar-refractivity contribution in [3.63, 3.8) is 0 Å². The molecule has 0 atom stereocenters. The van der Waals surface area contributed by atoms with E-state index in [1.807, 2.05) is 42.5 Å². The number of rotatable bonds is 8. The smallest absolute Gasteiger partial charge is 0.191 e. The number of halogens is 1. The van der Waals surface area contributed by atoms with Crippen molar-refractivity contribution >= 4 is 23.4 Å². The van der Waals surface area contributed by atoms with E-state index in [4.69, 9.17) is 21.1 Å². The normalized spacial score (nSPS) is 10.8. The van der Waals surface area contributed by atoms with Crippen LogP contribution in [0.2, 0.25) is 5.02 Å². The Morgan fingerprint density at radius 2 is 1.81 bits per heavy atom. The molecule has 0 saturated heterocycles. The molecule has 0 bridgehead atoms. The molecular formula is C20H22ClN3O2S. The summed E-state index contributed by atoms with van der Waals surface area (Å²) >= 11 is 7.90. The van der Waals surface area contributed by atoms with Crippen LogP contribution in [0.4, 0.5) is 0 Å². The zero-order valence-corrected chi connectivity index (χ0v) is 17.2. The maximum absolute atomic E-state index is 6.25. The summed E-state index contributed by atoms with van der Waals surface area (Å²) in [6.45, 7) is 2.90. The minimum absolute atomic E-state index is 0.674. The first-order valence-electron chi connectivity index (χ1n) is 8.65. The predicted octanol–water partition coefficient (Wildman–Crippen LogP) is 4.85. The maximum Gasteiger partial charge on any atom is 0.191 e. The molecule has 2 aromatic carbocycles. The van der Waals surface area contributed by atoms with Crippen molar-refractivity contribution < 1.29 is 9.47 Å². The number of hydrogen-bond donors (Lipinski definition) is 0. The third kappa shape index (κ3) is 4.57. The van der Waals surface area contributed by atoms with Crippen molar-refractivity contribution in [2.45, 2.75) is 30.8 Å². The summed E-state index contributed by atoms with van der Waals surface area (Å²) in [5.41, 5.74) is 2.19. The van der Waals surface area contributed by atoms with Gasteiger partial charge >= 0.3 is 0 Å². The summed E-state index contributed by atoms with van der Waals surface area (Å²) in [4.78, 5) is 0. The van der Waals surface area contributed by atoms with E-state index in [9.17, 15) is 0 Å². The van der Waals surface area contributed by atoms with Gasteiger partial charge in [0, 0.05) is 23.7 Å². The molecule has 0 aliphatic carbocycles. The molecule has 0 spiro atoms. The van der Waals surface area contributed by atoms with Gasteiger partial charge in [-0.3, -0.25) is 0 Å². The number of aromatic nitrogens is 3. The van der Waals surface area contributed by atoms with Crippen molar-refractivity contribution in [1.82, 2.24) is 14.8 Å². The SMILES string of the molecule is CCn1c(Cc2ccc(OC)c(OC)c2)nnc1SCc1ccccc1Cl. The van der Waals surface area contributed by atoms with Crippen molar-refractivity contribution in [2.24, 2.45) is 0 Å². The largest absolute Gasteiger partial charge is 0.493 e. The number of hydrogen-bond acceptors (Lipinski definition) is 5. The summed E-state index contributed by atoms with van der Waals surface area (Å²) in [6, 6.07) is 13.8. The van der Waals surface area contributed by atoms with Gasteiger partial charge in [0.05, 0.1) is 14.2 Å². The van der Waals surface area contributed by atoms with Gasteiger partial charge in [0.2, 0.25) is 0 Å². The van der Waals surface area contributed by atoms with Crippen molar-refractivity contribution in [2.75, 3.05) is 14.2 Å². The standard InChI is InChI=1S/C20H22ClN3O2S/c1-4-24-19(12-14-9-10-17(25-2)18(11-14)26-3)22-23-20(24)27-13-15-7-5-6-8-16(15)21/h5-11H,4,12-13H2,1-3H3. The van der Waals surface area contributed by atoms with Crippen molar-refractivity contribution in [3.05, 3.63) is 64.4 Å². The molecule has 0 aliphatic heterocycles. The average Bonchev–Trinajstić information content (AvgIpc) is 3.08. The van der Waals surface area contributed by atoms with Gasteiger partial charge in [0.25, 0.3) is 0 Å². The van der Waals surface area contributed by atoms with Crippen LogP contribution in [-0.2, 0) is 18.7 Å². The molecule has 0 N–H and O–H groups in total. The van der Waals surface area contributed by atoms with Gasteiger partial charge in [-0.15, -0.1) is 10.2 Å². The Bertz CT molecular complexity index is 914. The van der Waals surface area contributed by atoms with E-state index in [1.54, 1.807) is 26.0 Å². The maximum atomic E-state index is 6.25. The fourth-order valence-corrected chi connectivity index (χ4v) is 4.11. The molecule has 0 aliphatic rings. The van der Waals surface area contributed by atoms with Crippen LogP contribution in [0.5, 0.6) is 11.5 Å². The van der Waals surface area contributed by atoms with Crippen LogP contribution in [-0.4, -0.2) is 29.0 Å². The monoisotopic (exact) mass is 403 g/mol. The molecule has 27 heavy (non-hydrogen) atoms. The highest BCUT2D eigenvalue weighted by Gasteiger charge is 2.14.